The van der Waals surface area contributed by atoms with Crippen molar-refractivity contribution >= 4 is 11.5 Å². The van der Waals surface area contributed by atoms with Gasteiger partial charge in [0.2, 0.25) is 6.10 Å². The lowest BCUT2D eigenvalue weighted by Crippen LogP contribution is -2.10. The summed E-state index contributed by atoms with van der Waals surface area (Å²) in [4.78, 5) is 16.6. The molecule has 0 aliphatic heterocycles. The lowest BCUT2D eigenvalue weighted by Gasteiger charge is -2.12. The van der Waals surface area contributed by atoms with Crippen LogP contribution in [0.25, 0.3) is 0 Å². The van der Waals surface area contributed by atoms with Crippen LogP contribution in [-0.2, 0) is 9.63 Å². The van der Waals surface area contributed by atoms with E-state index in [0.29, 0.717) is 0 Å². The Hall–Kier alpha value is -1.64. The van der Waals surface area contributed by atoms with Gasteiger partial charge in [0.1, 0.15) is 0 Å². The van der Waals surface area contributed by atoms with E-state index in [9.17, 15) is 4.79 Å². The fourth-order valence-corrected chi connectivity index (χ4v) is 1.16. The number of rotatable bonds is 4. The van der Waals surface area contributed by atoms with Crippen LogP contribution in [0.1, 0.15) is 32.4 Å². The van der Waals surface area contributed by atoms with Crippen molar-refractivity contribution in [3.63, 3.8) is 0 Å². The van der Waals surface area contributed by atoms with Crippen LogP contribution in [0.3, 0.4) is 0 Å². The molecule has 0 aliphatic carbocycles. The van der Waals surface area contributed by atoms with Gasteiger partial charge in [0.15, 0.2) is 5.78 Å². The predicted molar refractivity (Wildman–Crippen MR) is 59.7 cm³/mol. The first-order valence-corrected chi connectivity index (χ1v) is 4.83. The highest BCUT2D eigenvalue weighted by Gasteiger charge is 2.17. The normalized spacial score (nSPS) is 11.7. The van der Waals surface area contributed by atoms with Crippen LogP contribution in [0.2, 0.25) is 0 Å². The molecule has 0 aromatic heterocycles. The van der Waals surface area contributed by atoms with Gasteiger partial charge in [-0.3, -0.25) is 4.79 Å². The van der Waals surface area contributed by atoms with Gasteiger partial charge in [-0.05, 0) is 20.8 Å². The van der Waals surface area contributed by atoms with E-state index in [4.69, 9.17) is 4.84 Å². The average molecular weight is 205 g/mol. The molecule has 0 spiro atoms. The quantitative estimate of drug-likeness (QED) is 0.560. The molecule has 0 heterocycles. The molecule has 1 atom stereocenters. The van der Waals surface area contributed by atoms with Crippen molar-refractivity contribution in [1.29, 1.82) is 0 Å². The molecule has 1 rings (SSSR count). The fraction of sp³-hybridized carbons (Fsp3) is 0.333. The monoisotopic (exact) mass is 205 g/mol. The second kappa shape index (κ2) is 5.29. The summed E-state index contributed by atoms with van der Waals surface area (Å²) >= 11 is 0. The number of hydrogen-bond acceptors (Lipinski definition) is 3. The van der Waals surface area contributed by atoms with Crippen LogP contribution in [0, 0.1) is 0 Å². The summed E-state index contributed by atoms with van der Waals surface area (Å²) in [5.41, 5.74) is 1.62. The standard InChI is InChI=1S/C12H15NO2/c1-9(2)13-15-12(10(3)14)11-7-5-4-6-8-11/h4-8,12H,1-3H3. The Kier molecular flexibility index (Phi) is 4.03. The van der Waals surface area contributed by atoms with Crippen LogP contribution in [0.5, 0.6) is 0 Å². The third kappa shape index (κ3) is 3.54. The number of carbonyl (C=O) groups is 1. The predicted octanol–water partition coefficient (Wildman–Crippen LogP) is 2.73. The minimum atomic E-state index is -0.596. The van der Waals surface area contributed by atoms with Gasteiger partial charge in [-0.15, -0.1) is 0 Å². The van der Waals surface area contributed by atoms with Crippen molar-refractivity contribution in [1.82, 2.24) is 0 Å². The zero-order chi connectivity index (χ0) is 11.3. The third-order valence-electron chi connectivity index (χ3n) is 1.81. The van der Waals surface area contributed by atoms with E-state index >= 15 is 0 Å². The highest BCUT2D eigenvalue weighted by molar-refractivity contribution is 5.82. The minimum Gasteiger partial charge on any atom is -0.380 e. The summed E-state index contributed by atoms with van der Waals surface area (Å²) in [5, 5.41) is 3.82. The van der Waals surface area contributed by atoms with Crippen LogP contribution >= 0.6 is 0 Å². The summed E-state index contributed by atoms with van der Waals surface area (Å²) in [6, 6.07) is 9.35. The van der Waals surface area contributed by atoms with Gasteiger partial charge in [0.05, 0.1) is 5.71 Å². The maximum Gasteiger partial charge on any atom is 0.210 e. The van der Waals surface area contributed by atoms with E-state index in [1.54, 1.807) is 0 Å². The molecule has 3 nitrogen and oxygen atoms in total. The van der Waals surface area contributed by atoms with E-state index in [1.165, 1.54) is 6.92 Å². The van der Waals surface area contributed by atoms with E-state index in [-0.39, 0.29) is 5.78 Å². The number of oxime groups is 1. The molecule has 3 heteroatoms. The first-order valence-electron chi connectivity index (χ1n) is 4.83. The molecule has 0 fully saturated rings. The zero-order valence-electron chi connectivity index (χ0n) is 9.23. The van der Waals surface area contributed by atoms with Crippen molar-refractivity contribution in [2.24, 2.45) is 5.16 Å². The van der Waals surface area contributed by atoms with Crippen molar-refractivity contribution < 1.29 is 9.63 Å². The van der Waals surface area contributed by atoms with Gasteiger partial charge in [-0.1, -0.05) is 35.5 Å². The molecule has 0 saturated carbocycles. The minimum absolute atomic E-state index is 0.0498. The molecule has 80 valence electrons. The molecule has 0 aliphatic rings. The molecule has 0 N–H and O–H groups in total. The number of carbonyl (C=O) groups excluding carboxylic acids is 1. The van der Waals surface area contributed by atoms with Gasteiger partial charge in [-0.25, -0.2) is 0 Å². The van der Waals surface area contributed by atoms with E-state index in [1.807, 2.05) is 44.2 Å². The second-order valence-corrected chi connectivity index (χ2v) is 3.55. The van der Waals surface area contributed by atoms with Crippen LogP contribution in [0.15, 0.2) is 35.5 Å². The average Bonchev–Trinajstić information content (AvgIpc) is 2.18. The third-order valence-corrected chi connectivity index (χ3v) is 1.81. The zero-order valence-corrected chi connectivity index (χ0v) is 9.23. The molecular weight excluding hydrogens is 190 g/mol. The lowest BCUT2D eigenvalue weighted by atomic mass is 10.1. The number of nitrogens with zero attached hydrogens (tertiary/aromatic N) is 1. The number of ketones is 1. The van der Waals surface area contributed by atoms with Crippen molar-refractivity contribution in [3.05, 3.63) is 35.9 Å². The maximum absolute atomic E-state index is 11.4. The van der Waals surface area contributed by atoms with E-state index in [0.717, 1.165) is 11.3 Å². The maximum atomic E-state index is 11.4. The Morgan fingerprint density at radius 1 is 1.20 bits per heavy atom. The Morgan fingerprint density at radius 3 is 2.27 bits per heavy atom. The number of benzene rings is 1. The largest absolute Gasteiger partial charge is 0.380 e. The first kappa shape index (κ1) is 11.4. The van der Waals surface area contributed by atoms with Gasteiger partial charge in [-0.2, -0.15) is 0 Å². The summed E-state index contributed by atoms with van der Waals surface area (Å²) in [6.45, 7) is 5.14. The SMILES string of the molecule is CC(=O)C(ON=C(C)C)c1ccccc1. The first-order chi connectivity index (χ1) is 7.11. The fourth-order valence-electron chi connectivity index (χ4n) is 1.16. The Balaban J connectivity index is 2.85. The topological polar surface area (TPSA) is 38.7 Å². The van der Waals surface area contributed by atoms with Gasteiger partial charge in [0.25, 0.3) is 0 Å². The molecular formula is C12H15NO2. The van der Waals surface area contributed by atoms with Gasteiger partial charge < -0.3 is 4.84 Å². The molecule has 1 unspecified atom stereocenters. The van der Waals surface area contributed by atoms with Gasteiger partial charge in [0, 0.05) is 5.56 Å². The molecule has 0 bridgehead atoms. The molecule has 1 aromatic carbocycles. The second-order valence-electron chi connectivity index (χ2n) is 3.55. The van der Waals surface area contributed by atoms with Crippen molar-refractivity contribution in [2.45, 2.75) is 26.9 Å². The number of Topliss-reactive ketones (excluding diaryl/α,β-unsaturated/α-hetero) is 1. The molecule has 0 saturated heterocycles. The Bertz CT molecular complexity index is 353. The summed E-state index contributed by atoms with van der Waals surface area (Å²) < 4.78 is 0. The van der Waals surface area contributed by atoms with Crippen LogP contribution in [0.4, 0.5) is 0 Å². The highest BCUT2D eigenvalue weighted by atomic mass is 16.6. The highest BCUT2D eigenvalue weighted by Crippen LogP contribution is 2.18. The molecule has 0 amide bonds. The lowest BCUT2D eigenvalue weighted by molar-refractivity contribution is -0.128. The Morgan fingerprint density at radius 2 is 1.80 bits per heavy atom. The van der Waals surface area contributed by atoms with Crippen molar-refractivity contribution in [3.8, 4) is 0 Å². The molecule has 1 aromatic rings. The summed E-state index contributed by atoms with van der Waals surface area (Å²) in [5.74, 6) is -0.0498. The molecule has 15 heavy (non-hydrogen) atoms. The summed E-state index contributed by atoms with van der Waals surface area (Å²) in [6.07, 6.45) is -0.596. The van der Waals surface area contributed by atoms with E-state index in [2.05, 4.69) is 5.16 Å². The summed E-state index contributed by atoms with van der Waals surface area (Å²) in [7, 11) is 0. The number of hydrogen-bond donors (Lipinski definition) is 0. The Labute approximate surface area is 89.7 Å². The smallest absolute Gasteiger partial charge is 0.210 e. The van der Waals surface area contributed by atoms with Gasteiger partial charge >= 0.3 is 0 Å². The molecule has 0 radical (unpaired) electrons. The van der Waals surface area contributed by atoms with Crippen LogP contribution < -0.4 is 0 Å². The van der Waals surface area contributed by atoms with Crippen LogP contribution in [-0.4, -0.2) is 11.5 Å². The van der Waals surface area contributed by atoms with Crippen molar-refractivity contribution in [2.75, 3.05) is 0 Å². The van der Waals surface area contributed by atoms with E-state index < -0.39 is 6.10 Å².